The molecular formula is C15H20F3NO. The highest BCUT2D eigenvalue weighted by molar-refractivity contribution is 5.30. The molecule has 2 atom stereocenters. The van der Waals surface area contributed by atoms with Crippen LogP contribution in [0.2, 0.25) is 0 Å². The number of nitrogens with zero attached hydrogens (tertiary/aromatic N) is 1. The van der Waals surface area contributed by atoms with Crippen molar-refractivity contribution in [1.29, 1.82) is 0 Å². The maximum atomic E-state index is 12.8. The van der Waals surface area contributed by atoms with Gasteiger partial charge in [-0.25, -0.2) is 0 Å². The lowest BCUT2D eigenvalue weighted by Crippen LogP contribution is -2.41. The Bertz CT molecular complexity index is 472. The van der Waals surface area contributed by atoms with E-state index < -0.39 is 17.3 Å². The lowest BCUT2D eigenvalue weighted by Gasteiger charge is -2.40. The highest BCUT2D eigenvalue weighted by Crippen LogP contribution is 2.40. The van der Waals surface area contributed by atoms with E-state index in [9.17, 15) is 18.3 Å². The van der Waals surface area contributed by atoms with E-state index in [1.165, 1.54) is 6.07 Å². The molecule has 0 amide bonds. The molecule has 0 bridgehead atoms. The predicted molar refractivity (Wildman–Crippen MR) is 71.3 cm³/mol. The molecule has 2 nitrogen and oxygen atoms in total. The van der Waals surface area contributed by atoms with E-state index in [1.54, 1.807) is 6.07 Å². The van der Waals surface area contributed by atoms with Crippen molar-refractivity contribution in [3.8, 4) is 0 Å². The molecule has 5 heteroatoms. The van der Waals surface area contributed by atoms with Crippen LogP contribution in [0.3, 0.4) is 0 Å². The van der Waals surface area contributed by atoms with Crippen LogP contribution in [0.15, 0.2) is 24.3 Å². The number of rotatable bonds is 2. The summed E-state index contributed by atoms with van der Waals surface area (Å²) in [7, 11) is 3.87. The minimum atomic E-state index is -4.37. The number of hydrogen-bond donors (Lipinski definition) is 1. The summed E-state index contributed by atoms with van der Waals surface area (Å²) in [6.07, 6.45) is -1.61. The molecule has 0 radical (unpaired) electrons. The van der Waals surface area contributed by atoms with E-state index in [4.69, 9.17) is 0 Å². The number of alkyl halides is 3. The normalized spacial score (nSPS) is 27.9. The van der Waals surface area contributed by atoms with E-state index in [1.807, 2.05) is 19.0 Å². The molecule has 0 unspecified atom stereocenters. The summed E-state index contributed by atoms with van der Waals surface area (Å²) >= 11 is 0. The topological polar surface area (TPSA) is 23.5 Å². The molecule has 0 heterocycles. The van der Waals surface area contributed by atoms with Crippen molar-refractivity contribution in [2.75, 3.05) is 14.1 Å². The summed E-state index contributed by atoms with van der Waals surface area (Å²) in [5.74, 6) is 0. The van der Waals surface area contributed by atoms with Crippen LogP contribution >= 0.6 is 0 Å². The second-order valence-corrected chi connectivity index (χ2v) is 5.82. The average Bonchev–Trinajstić information content (AvgIpc) is 2.38. The Morgan fingerprint density at radius 3 is 2.60 bits per heavy atom. The minimum Gasteiger partial charge on any atom is -0.385 e. The smallest absolute Gasteiger partial charge is 0.385 e. The molecule has 1 aliphatic carbocycles. The Balaban J connectivity index is 2.30. The molecular weight excluding hydrogens is 267 g/mol. The zero-order valence-corrected chi connectivity index (χ0v) is 11.7. The fourth-order valence-electron chi connectivity index (χ4n) is 2.91. The molecule has 2 rings (SSSR count). The van der Waals surface area contributed by atoms with Crippen molar-refractivity contribution in [3.63, 3.8) is 0 Å². The van der Waals surface area contributed by atoms with Crippen LogP contribution in [0.1, 0.15) is 36.8 Å². The second kappa shape index (κ2) is 5.37. The summed E-state index contributed by atoms with van der Waals surface area (Å²) in [4.78, 5) is 2.03. The van der Waals surface area contributed by atoms with Gasteiger partial charge < -0.3 is 10.0 Å². The number of halogens is 3. The summed E-state index contributed by atoms with van der Waals surface area (Å²) in [5.41, 5.74) is -1.48. The van der Waals surface area contributed by atoms with Crippen molar-refractivity contribution < 1.29 is 18.3 Å². The van der Waals surface area contributed by atoms with Crippen LogP contribution in [-0.2, 0) is 11.8 Å². The molecule has 0 spiro atoms. The van der Waals surface area contributed by atoms with E-state index in [2.05, 4.69) is 0 Å². The lowest BCUT2D eigenvalue weighted by atomic mass is 9.76. The summed E-state index contributed by atoms with van der Waals surface area (Å²) < 4.78 is 38.3. The molecule has 1 fully saturated rings. The van der Waals surface area contributed by atoms with Gasteiger partial charge in [0.1, 0.15) is 0 Å². The average molecular weight is 287 g/mol. The fourth-order valence-corrected chi connectivity index (χ4v) is 2.91. The van der Waals surface area contributed by atoms with Gasteiger partial charge in [-0.1, -0.05) is 12.1 Å². The first-order valence-corrected chi connectivity index (χ1v) is 6.79. The van der Waals surface area contributed by atoms with Crippen LogP contribution < -0.4 is 0 Å². The SMILES string of the molecule is CN(C)[C@@H]1CCC[C@@](O)(c2cccc(C(F)(F)F)c2)C1. The van der Waals surface area contributed by atoms with Gasteiger partial charge in [0.05, 0.1) is 11.2 Å². The number of benzene rings is 1. The van der Waals surface area contributed by atoms with Gasteiger partial charge in [0.15, 0.2) is 0 Å². The Morgan fingerprint density at radius 2 is 2.00 bits per heavy atom. The quantitative estimate of drug-likeness (QED) is 0.901. The molecule has 1 aromatic carbocycles. The van der Waals surface area contributed by atoms with Crippen LogP contribution in [-0.4, -0.2) is 30.1 Å². The van der Waals surface area contributed by atoms with Crippen molar-refractivity contribution in [3.05, 3.63) is 35.4 Å². The maximum absolute atomic E-state index is 12.8. The molecule has 1 aliphatic rings. The first-order valence-electron chi connectivity index (χ1n) is 6.79. The fraction of sp³-hybridized carbons (Fsp3) is 0.600. The Morgan fingerprint density at radius 1 is 1.30 bits per heavy atom. The maximum Gasteiger partial charge on any atom is 0.416 e. The third-order valence-corrected chi connectivity index (χ3v) is 4.16. The lowest BCUT2D eigenvalue weighted by molar-refractivity contribution is -0.137. The monoisotopic (exact) mass is 287 g/mol. The molecule has 1 saturated carbocycles. The van der Waals surface area contributed by atoms with Crippen molar-refractivity contribution in [2.24, 2.45) is 0 Å². The highest BCUT2D eigenvalue weighted by Gasteiger charge is 2.38. The van der Waals surface area contributed by atoms with Gasteiger partial charge in [-0.3, -0.25) is 0 Å². The first kappa shape index (κ1) is 15.3. The van der Waals surface area contributed by atoms with Gasteiger partial charge in [0, 0.05) is 6.04 Å². The van der Waals surface area contributed by atoms with Crippen LogP contribution in [0, 0.1) is 0 Å². The largest absolute Gasteiger partial charge is 0.416 e. The summed E-state index contributed by atoms with van der Waals surface area (Å²) in [6, 6.07) is 5.28. The summed E-state index contributed by atoms with van der Waals surface area (Å²) in [5, 5.41) is 10.8. The van der Waals surface area contributed by atoms with E-state index >= 15 is 0 Å². The van der Waals surface area contributed by atoms with Gasteiger partial charge in [-0.05, 0) is 57.5 Å². The van der Waals surface area contributed by atoms with Crippen LogP contribution in [0.4, 0.5) is 13.2 Å². The van der Waals surface area contributed by atoms with Gasteiger partial charge in [0.25, 0.3) is 0 Å². The van der Waals surface area contributed by atoms with Gasteiger partial charge in [-0.2, -0.15) is 13.2 Å². The molecule has 112 valence electrons. The van der Waals surface area contributed by atoms with Gasteiger partial charge in [0.2, 0.25) is 0 Å². The molecule has 1 N–H and O–H groups in total. The minimum absolute atomic E-state index is 0.197. The molecule has 0 aliphatic heterocycles. The third kappa shape index (κ3) is 3.15. The van der Waals surface area contributed by atoms with Crippen molar-refractivity contribution >= 4 is 0 Å². The number of hydrogen-bond acceptors (Lipinski definition) is 2. The van der Waals surface area contributed by atoms with E-state index in [-0.39, 0.29) is 6.04 Å². The zero-order valence-electron chi connectivity index (χ0n) is 11.7. The van der Waals surface area contributed by atoms with Crippen LogP contribution in [0.25, 0.3) is 0 Å². The number of aliphatic hydroxyl groups is 1. The molecule has 0 saturated heterocycles. The summed E-state index contributed by atoms with van der Waals surface area (Å²) in [6.45, 7) is 0. The van der Waals surface area contributed by atoms with Crippen molar-refractivity contribution in [2.45, 2.75) is 43.5 Å². The molecule has 20 heavy (non-hydrogen) atoms. The van der Waals surface area contributed by atoms with E-state index in [0.29, 0.717) is 18.4 Å². The zero-order chi connectivity index (χ0) is 15.0. The van der Waals surface area contributed by atoms with Crippen molar-refractivity contribution in [1.82, 2.24) is 4.90 Å². The van der Waals surface area contributed by atoms with Gasteiger partial charge in [-0.15, -0.1) is 0 Å². The van der Waals surface area contributed by atoms with E-state index in [0.717, 1.165) is 25.0 Å². The third-order valence-electron chi connectivity index (χ3n) is 4.16. The Hall–Kier alpha value is -1.07. The molecule has 1 aromatic rings. The molecule has 0 aromatic heterocycles. The van der Waals surface area contributed by atoms with Crippen LogP contribution in [0.5, 0.6) is 0 Å². The Labute approximate surface area is 117 Å². The second-order valence-electron chi connectivity index (χ2n) is 5.82. The predicted octanol–water partition coefficient (Wildman–Crippen LogP) is 3.40. The Kier molecular flexibility index (Phi) is 4.12. The van der Waals surface area contributed by atoms with Gasteiger partial charge >= 0.3 is 6.18 Å². The standard InChI is InChI=1S/C15H20F3NO/c1-19(2)13-7-4-8-14(20,10-13)11-5-3-6-12(9-11)15(16,17)18/h3,5-6,9,13,20H,4,7-8,10H2,1-2H3/t13-,14+/m1/s1. The highest BCUT2D eigenvalue weighted by atomic mass is 19.4. The first-order chi connectivity index (χ1) is 9.22.